The van der Waals surface area contributed by atoms with Crippen molar-refractivity contribution in [3.05, 3.63) is 35.9 Å². The SMILES string of the molecule is COCO[C@H](C)[C@H](NC(=O)OCc1ccccc1)C(=O)O. The minimum Gasteiger partial charge on any atom is -0.480 e. The van der Waals surface area contributed by atoms with Crippen LogP contribution in [0.15, 0.2) is 30.3 Å². The van der Waals surface area contributed by atoms with Gasteiger partial charge in [0.1, 0.15) is 13.4 Å². The molecule has 0 aromatic heterocycles. The zero-order valence-electron chi connectivity index (χ0n) is 11.9. The summed E-state index contributed by atoms with van der Waals surface area (Å²) < 4.78 is 14.8. The smallest absolute Gasteiger partial charge is 0.408 e. The van der Waals surface area contributed by atoms with E-state index in [0.29, 0.717) is 0 Å². The molecular weight excluding hydrogens is 278 g/mol. The van der Waals surface area contributed by atoms with Crippen molar-refractivity contribution in [2.75, 3.05) is 13.9 Å². The highest BCUT2D eigenvalue weighted by atomic mass is 16.7. The molecule has 0 saturated carbocycles. The lowest BCUT2D eigenvalue weighted by Crippen LogP contribution is -2.48. The maximum Gasteiger partial charge on any atom is 0.408 e. The Labute approximate surface area is 122 Å². The Morgan fingerprint density at radius 1 is 1.29 bits per heavy atom. The number of methoxy groups -OCH3 is 1. The number of hydrogen-bond acceptors (Lipinski definition) is 5. The Balaban J connectivity index is 2.47. The van der Waals surface area contributed by atoms with E-state index in [1.165, 1.54) is 14.0 Å². The summed E-state index contributed by atoms with van der Waals surface area (Å²) in [7, 11) is 1.42. The average molecular weight is 297 g/mol. The minimum absolute atomic E-state index is 0.0618. The third-order valence-electron chi connectivity index (χ3n) is 2.67. The average Bonchev–Trinajstić information content (AvgIpc) is 2.49. The van der Waals surface area contributed by atoms with Crippen LogP contribution in [0.4, 0.5) is 4.79 Å². The highest BCUT2D eigenvalue weighted by Gasteiger charge is 2.27. The number of amides is 1. The second-order valence-electron chi connectivity index (χ2n) is 4.30. The number of carboxylic acid groups (broad SMARTS) is 1. The van der Waals surface area contributed by atoms with Crippen molar-refractivity contribution in [1.82, 2.24) is 5.32 Å². The number of carbonyl (C=O) groups excluding carboxylic acids is 1. The van der Waals surface area contributed by atoms with Crippen LogP contribution >= 0.6 is 0 Å². The molecule has 1 rings (SSSR count). The van der Waals surface area contributed by atoms with Gasteiger partial charge < -0.3 is 24.6 Å². The number of benzene rings is 1. The molecule has 21 heavy (non-hydrogen) atoms. The van der Waals surface area contributed by atoms with E-state index in [1.807, 2.05) is 18.2 Å². The van der Waals surface area contributed by atoms with Gasteiger partial charge in [0.2, 0.25) is 0 Å². The molecule has 0 aliphatic carbocycles. The molecule has 0 saturated heterocycles. The summed E-state index contributed by atoms with van der Waals surface area (Å²) in [5, 5.41) is 11.3. The molecule has 0 radical (unpaired) electrons. The highest BCUT2D eigenvalue weighted by Crippen LogP contribution is 2.03. The first-order chi connectivity index (χ1) is 10.0. The van der Waals surface area contributed by atoms with E-state index in [0.717, 1.165) is 5.56 Å². The Hall–Kier alpha value is -2.12. The number of ether oxygens (including phenoxy) is 3. The molecule has 0 heterocycles. The van der Waals surface area contributed by atoms with E-state index < -0.39 is 24.2 Å². The number of aliphatic carboxylic acids is 1. The zero-order chi connectivity index (χ0) is 15.7. The van der Waals surface area contributed by atoms with Gasteiger partial charge in [-0.3, -0.25) is 0 Å². The molecule has 1 aromatic carbocycles. The predicted molar refractivity (Wildman–Crippen MR) is 73.6 cm³/mol. The molecule has 7 heteroatoms. The maximum absolute atomic E-state index is 11.6. The highest BCUT2D eigenvalue weighted by molar-refractivity contribution is 5.80. The van der Waals surface area contributed by atoms with Crippen LogP contribution in [0.1, 0.15) is 12.5 Å². The molecule has 0 unspecified atom stereocenters. The quantitative estimate of drug-likeness (QED) is 0.704. The van der Waals surface area contributed by atoms with Crippen molar-refractivity contribution in [2.24, 2.45) is 0 Å². The molecule has 1 aromatic rings. The van der Waals surface area contributed by atoms with Gasteiger partial charge in [-0.15, -0.1) is 0 Å². The second-order valence-corrected chi connectivity index (χ2v) is 4.30. The fraction of sp³-hybridized carbons (Fsp3) is 0.429. The van der Waals surface area contributed by atoms with Gasteiger partial charge in [0.05, 0.1) is 6.10 Å². The topological polar surface area (TPSA) is 94.1 Å². The van der Waals surface area contributed by atoms with Crippen LogP contribution in [-0.2, 0) is 25.6 Å². The molecular formula is C14H19NO6. The normalized spacial score (nSPS) is 13.2. The van der Waals surface area contributed by atoms with E-state index in [9.17, 15) is 9.59 Å². The summed E-state index contributed by atoms with van der Waals surface area (Å²) in [6.07, 6.45) is -1.58. The van der Waals surface area contributed by atoms with Crippen molar-refractivity contribution in [2.45, 2.75) is 25.7 Å². The van der Waals surface area contributed by atoms with Crippen LogP contribution in [0.2, 0.25) is 0 Å². The minimum atomic E-state index is -1.22. The van der Waals surface area contributed by atoms with Crippen molar-refractivity contribution in [3.8, 4) is 0 Å². The van der Waals surface area contributed by atoms with Gasteiger partial charge in [0.25, 0.3) is 0 Å². The first-order valence-corrected chi connectivity index (χ1v) is 6.35. The van der Waals surface area contributed by atoms with Crippen molar-refractivity contribution in [1.29, 1.82) is 0 Å². The van der Waals surface area contributed by atoms with Crippen molar-refractivity contribution >= 4 is 12.1 Å². The first-order valence-electron chi connectivity index (χ1n) is 6.35. The Bertz CT molecular complexity index is 450. The lowest BCUT2D eigenvalue weighted by Gasteiger charge is -2.21. The van der Waals surface area contributed by atoms with Crippen LogP contribution in [0.25, 0.3) is 0 Å². The first kappa shape index (κ1) is 16.9. The van der Waals surface area contributed by atoms with E-state index in [4.69, 9.17) is 19.3 Å². The van der Waals surface area contributed by atoms with Gasteiger partial charge in [0, 0.05) is 7.11 Å². The molecule has 116 valence electrons. The third-order valence-corrected chi connectivity index (χ3v) is 2.67. The summed E-state index contributed by atoms with van der Waals surface area (Å²) in [4.78, 5) is 22.7. The number of carboxylic acids is 1. The van der Waals surface area contributed by atoms with Crippen LogP contribution in [0.3, 0.4) is 0 Å². The molecule has 2 N–H and O–H groups in total. The molecule has 0 spiro atoms. The molecule has 0 bridgehead atoms. The van der Waals surface area contributed by atoms with Gasteiger partial charge in [-0.1, -0.05) is 30.3 Å². The summed E-state index contributed by atoms with van der Waals surface area (Å²) in [6, 6.07) is 7.86. The fourth-order valence-electron chi connectivity index (χ4n) is 1.54. The van der Waals surface area contributed by atoms with Crippen LogP contribution in [0.5, 0.6) is 0 Å². The summed E-state index contributed by atoms with van der Waals surface area (Å²) in [5.74, 6) is -1.21. The maximum atomic E-state index is 11.6. The Kier molecular flexibility index (Phi) is 7.20. The van der Waals surface area contributed by atoms with Crippen LogP contribution < -0.4 is 5.32 Å². The number of nitrogens with one attached hydrogen (secondary N) is 1. The van der Waals surface area contributed by atoms with Gasteiger partial charge in [-0.2, -0.15) is 0 Å². The van der Waals surface area contributed by atoms with Gasteiger partial charge in [-0.05, 0) is 12.5 Å². The molecule has 0 fully saturated rings. The molecule has 2 atom stereocenters. The fourth-order valence-corrected chi connectivity index (χ4v) is 1.54. The predicted octanol–water partition coefficient (Wildman–Crippen LogP) is 1.38. The monoisotopic (exact) mass is 297 g/mol. The van der Waals surface area contributed by atoms with E-state index in [-0.39, 0.29) is 13.4 Å². The van der Waals surface area contributed by atoms with Gasteiger partial charge in [-0.25, -0.2) is 9.59 Å². The number of carbonyl (C=O) groups is 2. The Morgan fingerprint density at radius 3 is 2.52 bits per heavy atom. The number of rotatable bonds is 8. The summed E-state index contributed by atoms with van der Waals surface area (Å²) in [6.45, 7) is 1.52. The Morgan fingerprint density at radius 2 is 1.95 bits per heavy atom. The molecule has 0 aliphatic heterocycles. The van der Waals surface area contributed by atoms with Gasteiger partial charge in [0.15, 0.2) is 6.04 Å². The standard InChI is InChI=1S/C14H19NO6/c1-10(21-9-19-2)12(13(16)17)15-14(18)20-8-11-6-4-3-5-7-11/h3-7,10,12H,8-9H2,1-2H3,(H,15,18)(H,16,17)/t10-,12+/m1/s1. The van der Waals surface area contributed by atoms with Crippen LogP contribution in [-0.4, -0.2) is 43.2 Å². The number of hydrogen-bond donors (Lipinski definition) is 2. The van der Waals surface area contributed by atoms with Crippen LogP contribution in [0, 0.1) is 0 Å². The largest absolute Gasteiger partial charge is 0.480 e. The lowest BCUT2D eigenvalue weighted by atomic mass is 10.2. The van der Waals surface area contributed by atoms with Crippen molar-refractivity contribution in [3.63, 3.8) is 0 Å². The lowest BCUT2D eigenvalue weighted by molar-refractivity contribution is -0.146. The molecule has 0 aliphatic rings. The van der Waals surface area contributed by atoms with E-state index >= 15 is 0 Å². The zero-order valence-corrected chi connectivity index (χ0v) is 11.9. The third kappa shape index (κ3) is 6.24. The summed E-state index contributed by atoms with van der Waals surface area (Å²) >= 11 is 0. The summed E-state index contributed by atoms with van der Waals surface area (Å²) in [5.41, 5.74) is 0.809. The molecule has 1 amide bonds. The van der Waals surface area contributed by atoms with E-state index in [2.05, 4.69) is 5.32 Å². The van der Waals surface area contributed by atoms with Crippen molar-refractivity contribution < 1.29 is 28.9 Å². The molecule has 7 nitrogen and oxygen atoms in total. The second kappa shape index (κ2) is 8.93. The number of alkyl carbamates (subject to hydrolysis) is 1. The van der Waals surface area contributed by atoms with Gasteiger partial charge >= 0.3 is 12.1 Å². The van der Waals surface area contributed by atoms with E-state index in [1.54, 1.807) is 12.1 Å².